The van der Waals surface area contributed by atoms with Crippen LogP contribution in [0.1, 0.15) is 30.6 Å². The van der Waals surface area contributed by atoms with Gasteiger partial charge in [-0.25, -0.2) is 0 Å². The number of nitro groups is 1. The SMILES string of the molecule is CCC(C)N(CC(=O)O)C(=O)CNC(=O)c1c(Cl)cccc1[N+](=O)[O-]. The van der Waals surface area contributed by atoms with Gasteiger partial charge in [-0.05, 0) is 19.4 Å². The normalized spacial score (nSPS) is 11.5. The highest BCUT2D eigenvalue weighted by atomic mass is 35.5. The molecular weight excluding hydrogens is 354 g/mol. The minimum absolute atomic E-state index is 0.122. The Morgan fingerprint density at radius 2 is 2.04 bits per heavy atom. The molecule has 0 saturated carbocycles. The second-order valence-electron chi connectivity index (χ2n) is 5.25. The van der Waals surface area contributed by atoms with E-state index in [1.54, 1.807) is 13.8 Å². The van der Waals surface area contributed by atoms with Crippen LogP contribution in [0.25, 0.3) is 0 Å². The largest absolute Gasteiger partial charge is 0.480 e. The Balaban J connectivity index is 2.90. The summed E-state index contributed by atoms with van der Waals surface area (Å²) in [5.74, 6) is -2.67. The fourth-order valence-electron chi connectivity index (χ4n) is 2.09. The van der Waals surface area contributed by atoms with Gasteiger partial charge in [-0.15, -0.1) is 0 Å². The van der Waals surface area contributed by atoms with Crippen LogP contribution < -0.4 is 5.32 Å². The molecule has 1 aromatic carbocycles. The van der Waals surface area contributed by atoms with E-state index in [1.807, 2.05) is 0 Å². The van der Waals surface area contributed by atoms with Crippen molar-refractivity contribution < 1.29 is 24.4 Å². The summed E-state index contributed by atoms with van der Waals surface area (Å²) in [4.78, 5) is 46.6. The molecule has 1 unspecified atom stereocenters. The van der Waals surface area contributed by atoms with Gasteiger partial charge in [-0.3, -0.25) is 24.5 Å². The first kappa shape index (κ1) is 20.4. The number of carboxylic acid groups (broad SMARTS) is 1. The summed E-state index contributed by atoms with van der Waals surface area (Å²) < 4.78 is 0. The number of carbonyl (C=O) groups excluding carboxylic acids is 2. The van der Waals surface area contributed by atoms with Crippen LogP contribution in [0, 0.1) is 10.1 Å². The Bertz CT molecular complexity index is 694. The van der Waals surface area contributed by atoms with Gasteiger partial charge >= 0.3 is 5.97 Å². The monoisotopic (exact) mass is 371 g/mol. The van der Waals surface area contributed by atoms with Crippen molar-refractivity contribution in [1.82, 2.24) is 10.2 Å². The molecule has 136 valence electrons. The number of hydrogen-bond acceptors (Lipinski definition) is 5. The van der Waals surface area contributed by atoms with Gasteiger partial charge in [0, 0.05) is 12.1 Å². The quantitative estimate of drug-likeness (QED) is 0.528. The van der Waals surface area contributed by atoms with Gasteiger partial charge < -0.3 is 15.3 Å². The van der Waals surface area contributed by atoms with E-state index in [9.17, 15) is 24.5 Å². The maximum absolute atomic E-state index is 12.2. The molecular formula is C15H18ClN3O6. The fourth-order valence-corrected chi connectivity index (χ4v) is 2.35. The predicted molar refractivity (Wildman–Crippen MR) is 89.5 cm³/mol. The van der Waals surface area contributed by atoms with Crippen LogP contribution in [-0.4, -0.2) is 51.8 Å². The number of amides is 2. The molecule has 0 spiro atoms. The lowest BCUT2D eigenvalue weighted by atomic mass is 10.1. The summed E-state index contributed by atoms with van der Waals surface area (Å²) in [6.45, 7) is 2.47. The van der Waals surface area contributed by atoms with Gasteiger partial charge in [0.2, 0.25) is 5.91 Å². The molecule has 0 heterocycles. The molecule has 25 heavy (non-hydrogen) atoms. The number of carbonyl (C=O) groups is 3. The van der Waals surface area contributed by atoms with E-state index in [4.69, 9.17) is 16.7 Å². The third-order valence-corrected chi connectivity index (χ3v) is 3.88. The van der Waals surface area contributed by atoms with E-state index in [0.717, 1.165) is 11.0 Å². The molecule has 0 aliphatic heterocycles. The number of aliphatic carboxylic acids is 1. The molecule has 0 bridgehead atoms. The van der Waals surface area contributed by atoms with Crippen LogP contribution >= 0.6 is 11.6 Å². The second kappa shape index (κ2) is 8.97. The maximum Gasteiger partial charge on any atom is 0.323 e. The van der Waals surface area contributed by atoms with E-state index in [1.165, 1.54) is 12.1 Å². The number of nitrogens with zero attached hydrogens (tertiary/aromatic N) is 2. The van der Waals surface area contributed by atoms with Crippen LogP contribution in [-0.2, 0) is 9.59 Å². The molecule has 1 rings (SSSR count). The average Bonchev–Trinajstić information content (AvgIpc) is 2.55. The number of benzene rings is 1. The number of hydrogen-bond donors (Lipinski definition) is 2. The Kier molecular flexibility index (Phi) is 7.31. The van der Waals surface area contributed by atoms with Crippen molar-refractivity contribution in [3.8, 4) is 0 Å². The molecule has 0 saturated heterocycles. The fraction of sp³-hybridized carbons (Fsp3) is 0.400. The zero-order valence-corrected chi connectivity index (χ0v) is 14.4. The van der Waals surface area contributed by atoms with Crippen molar-refractivity contribution in [3.63, 3.8) is 0 Å². The van der Waals surface area contributed by atoms with Gasteiger partial charge in [0.15, 0.2) is 0 Å². The summed E-state index contributed by atoms with van der Waals surface area (Å²) >= 11 is 5.85. The Morgan fingerprint density at radius 1 is 1.40 bits per heavy atom. The molecule has 0 aliphatic rings. The topological polar surface area (TPSA) is 130 Å². The summed E-state index contributed by atoms with van der Waals surface area (Å²) in [6.07, 6.45) is 0.531. The molecule has 9 nitrogen and oxygen atoms in total. The van der Waals surface area contributed by atoms with Crippen molar-refractivity contribution in [2.24, 2.45) is 0 Å². The van der Waals surface area contributed by atoms with Gasteiger partial charge in [0.05, 0.1) is 16.5 Å². The summed E-state index contributed by atoms with van der Waals surface area (Å²) in [5, 5.41) is 22.0. The van der Waals surface area contributed by atoms with Crippen LogP contribution in [0.5, 0.6) is 0 Å². The second-order valence-corrected chi connectivity index (χ2v) is 5.65. The van der Waals surface area contributed by atoms with Crippen LogP contribution in [0.4, 0.5) is 5.69 Å². The summed E-state index contributed by atoms with van der Waals surface area (Å²) in [5.41, 5.74) is -0.836. The van der Waals surface area contributed by atoms with Gasteiger partial charge in [0.25, 0.3) is 11.6 Å². The van der Waals surface area contributed by atoms with Gasteiger partial charge in [0.1, 0.15) is 12.1 Å². The molecule has 2 amide bonds. The molecule has 0 aliphatic carbocycles. The number of rotatable bonds is 8. The van der Waals surface area contributed by atoms with Gasteiger partial charge in [-0.2, -0.15) is 0 Å². The lowest BCUT2D eigenvalue weighted by Gasteiger charge is -2.27. The Morgan fingerprint density at radius 3 is 2.56 bits per heavy atom. The molecule has 0 radical (unpaired) electrons. The highest BCUT2D eigenvalue weighted by molar-refractivity contribution is 6.34. The average molecular weight is 372 g/mol. The van der Waals surface area contributed by atoms with E-state index >= 15 is 0 Å². The molecule has 0 fully saturated rings. The van der Waals surface area contributed by atoms with Gasteiger partial charge in [-0.1, -0.05) is 24.6 Å². The minimum atomic E-state index is -1.18. The Labute approximate surface area is 148 Å². The molecule has 1 atom stereocenters. The molecule has 0 aromatic heterocycles. The van der Waals surface area contributed by atoms with E-state index in [2.05, 4.69) is 5.32 Å². The first-order chi connectivity index (χ1) is 11.7. The number of nitrogens with one attached hydrogen (secondary N) is 1. The van der Waals surface area contributed by atoms with Crippen molar-refractivity contribution in [3.05, 3.63) is 38.9 Å². The molecule has 1 aromatic rings. The first-order valence-corrected chi connectivity index (χ1v) is 7.79. The maximum atomic E-state index is 12.2. The highest BCUT2D eigenvalue weighted by Crippen LogP contribution is 2.25. The third-order valence-electron chi connectivity index (χ3n) is 3.56. The van der Waals surface area contributed by atoms with E-state index < -0.39 is 41.5 Å². The van der Waals surface area contributed by atoms with Crippen molar-refractivity contribution in [1.29, 1.82) is 0 Å². The standard InChI is InChI=1S/C15H18ClN3O6/c1-3-9(2)18(8-13(21)22)12(20)7-17-15(23)14-10(16)5-4-6-11(14)19(24)25/h4-6,9H,3,7-8H2,1-2H3,(H,17,23)(H,21,22). The summed E-state index contributed by atoms with van der Waals surface area (Å²) in [7, 11) is 0. The molecule has 2 N–H and O–H groups in total. The van der Waals surface area contributed by atoms with Crippen LogP contribution in [0.3, 0.4) is 0 Å². The first-order valence-electron chi connectivity index (χ1n) is 7.41. The zero-order valence-electron chi connectivity index (χ0n) is 13.7. The Hall–Kier alpha value is -2.68. The van der Waals surface area contributed by atoms with E-state index in [0.29, 0.717) is 6.42 Å². The van der Waals surface area contributed by atoms with Crippen molar-refractivity contribution >= 4 is 35.1 Å². The van der Waals surface area contributed by atoms with Crippen molar-refractivity contribution in [2.75, 3.05) is 13.1 Å². The predicted octanol–water partition coefficient (Wildman–Crippen LogP) is 1.69. The van der Waals surface area contributed by atoms with Crippen LogP contribution in [0.15, 0.2) is 18.2 Å². The van der Waals surface area contributed by atoms with Crippen LogP contribution in [0.2, 0.25) is 5.02 Å². The van der Waals surface area contributed by atoms with E-state index in [-0.39, 0.29) is 16.6 Å². The van der Waals surface area contributed by atoms with Crippen molar-refractivity contribution in [2.45, 2.75) is 26.3 Å². The smallest absolute Gasteiger partial charge is 0.323 e. The zero-order chi connectivity index (χ0) is 19.1. The number of halogens is 1. The number of carboxylic acids is 1. The highest BCUT2D eigenvalue weighted by Gasteiger charge is 2.26. The lowest BCUT2D eigenvalue weighted by Crippen LogP contribution is -2.46. The number of nitro benzene ring substituents is 1. The molecule has 10 heteroatoms. The third kappa shape index (κ3) is 5.42. The lowest BCUT2D eigenvalue weighted by molar-refractivity contribution is -0.385. The minimum Gasteiger partial charge on any atom is -0.480 e. The summed E-state index contributed by atoms with van der Waals surface area (Å²) in [6, 6.07) is 3.44.